The first kappa shape index (κ1) is 21.0. The normalized spacial score (nSPS) is 18.5. The number of hydrogen-bond donors (Lipinski definition) is 1. The molecule has 1 unspecified atom stereocenters. The number of benzene rings is 2. The molecule has 1 N–H and O–H groups in total. The Bertz CT molecular complexity index is 1180. The highest BCUT2D eigenvalue weighted by molar-refractivity contribution is 6.36. The molecule has 32 heavy (non-hydrogen) atoms. The number of fused-ring (bicyclic) bond motifs is 2. The van der Waals surface area contributed by atoms with Gasteiger partial charge in [-0.05, 0) is 23.9 Å². The molecule has 6 nitrogen and oxygen atoms in total. The van der Waals surface area contributed by atoms with Crippen LogP contribution in [0.2, 0.25) is 5.02 Å². The van der Waals surface area contributed by atoms with Crippen molar-refractivity contribution in [3.8, 4) is 6.07 Å². The summed E-state index contributed by atoms with van der Waals surface area (Å²) in [6.07, 6.45) is 2.20. The second-order valence-electron chi connectivity index (χ2n) is 8.49. The highest BCUT2D eigenvalue weighted by Gasteiger charge is 2.28. The van der Waals surface area contributed by atoms with Gasteiger partial charge in [-0.3, -0.25) is 0 Å². The van der Waals surface area contributed by atoms with E-state index in [9.17, 15) is 0 Å². The molecule has 2 aromatic carbocycles. The van der Waals surface area contributed by atoms with Gasteiger partial charge >= 0.3 is 0 Å². The van der Waals surface area contributed by atoms with E-state index in [1.807, 2.05) is 12.1 Å². The maximum absolute atomic E-state index is 9.13. The van der Waals surface area contributed by atoms with E-state index in [1.165, 1.54) is 5.56 Å². The summed E-state index contributed by atoms with van der Waals surface area (Å²) in [6, 6.07) is 14.9. The molecule has 164 valence electrons. The highest BCUT2D eigenvalue weighted by atomic mass is 35.5. The molecule has 1 saturated heterocycles. The molecular formula is C25H27ClN6. The van der Waals surface area contributed by atoms with Gasteiger partial charge in [-0.2, -0.15) is 5.26 Å². The van der Waals surface area contributed by atoms with E-state index < -0.39 is 0 Å². The zero-order valence-corrected chi connectivity index (χ0v) is 19.1. The Morgan fingerprint density at radius 2 is 2.00 bits per heavy atom. The minimum absolute atomic E-state index is 0.183. The standard InChI is InChI=1S/C25H27ClN6/c1-2-23-29-21-16-31(22-8-4-6-17-5-3-7-20(26)24(17)22)13-10-19(21)25(30-23)32-14-12-28-18(15-32)9-11-27/h3-8,18,28H,2,9-10,12-16H2,1H3. The van der Waals surface area contributed by atoms with Gasteiger partial charge in [0.05, 0.1) is 29.8 Å². The van der Waals surface area contributed by atoms with Gasteiger partial charge in [0.15, 0.2) is 0 Å². The fraction of sp³-hybridized carbons (Fsp3) is 0.400. The molecular weight excluding hydrogens is 420 g/mol. The van der Waals surface area contributed by atoms with Crippen molar-refractivity contribution >= 4 is 33.9 Å². The lowest BCUT2D eigenvalue weighted by atomic mass is 10.0. The van der Waals surface area contributed by atoms with Crippen molar-refractivity contribution in [2.45, 2.75) is 38.8 Å². The zero-order chi connectivity index (χ0) is 22.1. The zero-order valence-electron chi connectivity index (χ0n) is 18.3. The molecule has 0 saturated carbocycles. The quantitative estimate of drug-likeness (QED) is 0.650. The second-order valence-corrected chi connectivity index (χ2v) is 8.90. The predicted molar refractivity (Wildman–Crippen MR) is 129 cm³/mol. The van der Waals surface area contributed by atoms with E-state index in [0.717, 1.165) is 84.4 Å². The van der Waals surface area contributed by atoms with Gasteiger partial charge in [-0.25, -0.2) is 9.97 Å². The summed E-state index contributed by atoms with van der Waals surface area (Å²) in [4.78, 5) is 14.6. The highest BCUT2D eigenvalue weighted by Crippen LogP contribution is 2.36. The number of halogens is 1. The Morgan fingerprint density at radius 3 is 2.81 bits per heavy atom. The maximum Gasteiger partial charge on any atom is 0.136 e. The summed E-state index contributed by atoms with van der Waals surface area (Å²) in [5, 5.41) is 15.6. The molecule has 0 bridgehead atoms. The van der Waals surface area contributed by atoms with Gasteiger partial charge in [-0.1, -0.05) is 42.8 Å². The van der Waals surface area contributed by atoms with Crippen LogP contribution >= 0.6 is 11.6 Å². The average molecular weight is 447 g/mol. The van der Waals surface area contributed by atoms with Gasteiger partial charge in [-0.15, -0.1) is 0 Å². The van der Waals surface area contributed by atoms with Gasteiger partial charge < -0.3 is 15.1 Å². The molecule has 0 radical (unpaired) electrons. The van der Waals surface area contributed by atoms with Crippen molar-refractivity contribution in [2.75, 3.05) is 36.0 Å². The number of hydrogen-bond acceptors (Lipinski definition) is 6. The van der Waals surface area contributed by atoms with Crippen LogP contribution in [-0.2, 0) is 19.4 Å². The Balaban J connectivity index is 1.51. The Hall–Kier alpha value is -2.88. The van der Waals surface area contributed by atoms with Crippen LogP contribution in [0.1, 0.15) is 30.4 Å². The molecule has 0 aliphatic carbocycles. The fourth-order valence-electron chi connectivity index (χ4n) is 4.89. The van der Waals surface area contributed by atoms with Crippen molar-refractivity contribution in [3.05, 3.63) is 58.5 Å². The topological polar surface area (TPSA) is 68.1 Å². The van der Waals surface area contributed by atoms with Crippen LogP contribution in [-0.4, -0.2) is 42.2 Å². The second kappa shape index (κ2) is 8.93. The average Bonchev–Trinajstić information content (AvgIpc) is 2.83. The first-order valence-corrected chi connectivity index (χ1v) is 11.7. The first-order chi connectivity index (χ1) is 15.7. The van der Waals surface area contributed by atoms with Crippen LogP contribution in [0.4, 0.5) is 11.5 Å². The SMILES string of the molecule is CCc1nc2c(c(N3CCNC(CC#N)C3)n1)CCN(c1cccc3cccc(Cl)c13)C2. The summed E-state index contributed by atoms with van der Waals surface area (Å²) in [7, 11) is 0. The Kier molecular flexibility index (Phi) is 5.86. The third kappa shape index (κ3) is 3.87. The smallest absolute Gasteiger partial charge is 0.136 e. The van der Waals surface area contributed by atoms with E-state index in [2.05, 4.69) is 52.4 Å². The molecule has 3 aromatic rings. The Morgan fingerprint density at radius 1 is 1.16 bits per heavy atom. The molecule has 2 aliphatic rings. The molecule has 1 fully saturated rings. The van der Waals surface area contributed by atoms with Crippen molar-refractivity contribution in [1.82, 2.24) is 15.3 Å². The molecule has 0 spiro atoms. The van der Waals surface area contributed by atoms with Crippen molar-refractivity contribution in [1.29, 1.82) is 5.26 Å². The number of nitrogens with one attached hydrogen (secondary N) is 1. The minimum Gasteiger partial charge on any atom is -0.365 e. The summed E-state index contributed by atoms with van der Waals surface area (Å²) < 4.78 is 0. The fourth-order valence-corrected chi connectivity index (χ4v) is 5.17. The van der Waals surface area contributed by atoms with Crippen LogP contribution in [0.15, 0.2) is 36.4 Å². The summed E-state index contributed by atoms with van der Waals surface area (Å²) in [6.45, 7) is 6.32. The predicted octanol–water partition coefficient (Wildman–Crippen LogP) is 4.10. The molecule has 0 amide bonds. The van der Waals surface area contributed by atoms with Crippen LogP contribution in [0.25, 0.3) is 10.8 Å². The van der Waals surface area contributed by atoms with E-state index in [-0.39, 0.29) is 6.04 Å². The molecule has 1 atom stereocenters. The van der Waals surface area contributed by atoms with E-state index in [0.29, 0.717) is 6.42 Å². The van der Waals surface area contributed by atoms with Gasteiger partial charge in [0.25, 0.3) is 0 Å². The van der Waals surface area contributed by atoms with Crippen molar-refractivity contribution in [3.63, 3.8) is 0 Å². The number of nitrogens with zero attached hydrogens (tertiary/aromatic N) is 5. The van der Waals surface area contributed by atoms with Crippen LogP contribution in [0.5, 0.6) is 0 Å². The largest absolute Gasteiger partial charge is 0.365 e. The lowest BCUT2D eigenvalue weighted by molar-refractivity contribution is 0.458. The summed E-state index contributed by atoms with van der Waals surface area (Å²) in [5.41, 5.74) is 3.52. The van der Waals surface area contributed by atoms with E-state index in [1.54, 1.807) is 0 Å². The molecule has 2 aliphatic heterocycles. The lowest BCUT2D eigenvalue weighted by Gasteiger charge is -2.37. The summed E-state index contributed by atoms with van der Waals surface area (Å²) in [5.74, 6) is 1.94. The van der Waals surface area contributed by atoms with Gasteiger partial charge in [0.1, 0.15) is 11.6 Å². The maximum atomic E-state index is 9.13. The van der Waals surface area contributed by atoms with Gasteiger partial charge in [0, 0.05) is 55.3 Å². The minimum atomic E-state index is 0.183. The van der Waals surface area contributed by atoms with E-state index >= 15 is 0 Å². The van der Waals surface area contributed by atoms with E-state index in [4.69, 9.17) is 26.8 Å². The molecule has 1 aromatic heterocycles. The number of piperazine rings is 1. The number of aryl methyl sites for hydroxylation is 1. The number of anilines is 2. The molecule has 3 heterocycles. The molecule has 5 rings (SSSR count). The lowest BCUT2D eigenvalue weighted by Crippen LogP contribution is -2.51. The third-order valence-corrected chi connectivity index (χ3v) is 6.79. The van der Waals surface area contributed by atoms with Crippen molar-refractivity contribution in [2.24, 2.45) is 0 Å². The van der Waals surface area contributed by atoms with Crippen LogP contribution in [0, 0.1) is 11.3 Å². The Labute approximate surface area is 193 Å². The molecule has 7 heteroatoms. The number of aromatic nitrogens is 2. The summed E-state index contributed by atoms with van der Waals surface area (Å²) >= 11 is 6.61. The monoisotopic (exact) mass is 446 g/mol. The van der Waals surface area contributed by atoms with Crippen LogP contribution < -0.4 is 15.1 Å². The van der Waals surface area contributed by atoms with Crippen molar-refractivity contribution < 1.29 is 0 Å². The third-order valence-electron chi connectivity index (χ3n) is 6.47. The first-order valence-electron chi connectivity index (χ1n) is 11.3. The number of nitriles is 1. The van der Waals surface area contributed by atoms with Crippen LogP contribution in [0.3, 0.4) is 0 Å². The van der Waals surface area contributed by atoms with Gasteiger partial charge in [0.2, 0.25) is 0 Å². The number of rotatable bonds is 4.